The zero-order valence-corrected chi connectivity index (χ0v) is 7.37. The fourth-order valence-corrected chi connectivity index (χ4v) is 0.957. The lowest BCUT2D eigenvalue weighted by molar-refractivity contribution is 0.998. The van der Waals surface area contributed by atoms with Gasteiger partial charge in [-0.1, -0.05) is 0 Å². The highest BCUT2D eigenvalue weighted by Gasteiger charge is 2.05. The molecule has 0 amide bonds. The first kappa shape index (κ1) is 8.58. The Kier molecular flexibility index (Phi) is 2.32. The number of aryl methyl sites for hydroxylation is 2. The van der Waals surface area contributed by atoms with E-state index in [9.17, 15) is 0 Å². The SMILES string of the molecule is CN=Nc1c(C)nc(C)nc1N. The number of nitrogens with zero attached hydrogens (tertiary/aromatic N) is 4. The highest BCUT2D eigenvalue weighted by molar-refractivity contribution is 5.59. The van der Waals surface area contributed by atoms with E-state index in [0.717, 1.165) is 5.69 Å². The Labute approximate surface area is 70.8 Å². The Hall–Kier alpha value is -1.52. The van der Waals surface area contributed by atoms with Crippen LogP contribution in [0.4, 0.5) is 11.5 Å². The molecule has 0 aliphatic heterocycles. The molecule has 0 spiro atoms. The lowest BCUT2D eigenvalue weighted by Crippen LogP contribution is -1.98. The van der Waals surface area contributed by atoms with Gasteiger partial charge in [-0.05, 0) is 13.8 Å². The van der Waals surface area contributed by atoms with Gasteiger partial charge in [-0.25, -0.2) is 9.97 Å². The molecule has 2 N–H and O–H groups in total. The molecule has 0 fully saturated rings. The van der Waals surface area contributed by atoms with Crippen LogP contribution in [-0.2, 0) is 0 Å². The van der Waals surface area contributed by atoms with E-state index < -0.39 is 0 Å². The maximum atomic E-state index is 5.60. The molecule has 0 atom stereocenters. The van der Waals surface area contributed by atoms with Gasteiger partial charge in [-0.15, -0.1) is 0 Å². The van der Waals surface area contributed by atoms with Crippen molar-refractivity contribution in [3.8, 4) is 0 Å². The van der Waals surface area contributed by atoms with Crippen molar-refractivity contribution in [2.75, 3.05) is 12.8 Å². The van der Waals surface area contributed by atoms with Gasteiger partial charge >= 0.3 is 0 Å². The average molecular weight is 165 g/mol. The highest BCUT2D eigenvalue weighted by Crippen LogP contribution is 2.22. The molecule has 0 aliphatic carbocycles. The number of hydrogen-bond donors (Lipinski definition) is 1. The Morgan fingerprint density at radius 3 is 2.42 bits per heavy atom. The Bertz CT molecular complexity index is 295. The molecule has 5 heteroatoms. The molecule has 0 aromatic carbocycles. The number of hydrogen-bond acceptors (Lipinski definition) is 5. The van der Waals surface area contributed by atoms with Crippen LogP contribution in [0.3, 0.4) is 0 Å². The smallest absolute Gasteiger partial charge is 0.155 e. The van der Waals surface area contributed by atoms with Crippen molar-refractivity contribution < 1.29 is 0 Å². The molecule has 64 valence electrons. The fourth-order valence-electron chi connectivity index (χ4n) is 0.957. The van der Waals surface area contributed by atoms with Crippen molar-refractivity contribution >= 4 is 11.5 Å². The number of nitrogen functional groups attached to an aromatic ring is 1. The fraction of sp³-hybridized carbons (Fsp3) is 0.429. The number of aromatic nitrogens is 2. The van der Waals surface area contributed by atoms with E-state index in [1.807, 2.05) is 6.92 Å². The molecule has 0 saturated heterocycles. The summed E-state index contributed by atoms with van der Waals surface area (Å²) in [4.78, 5) is 8.07. The molecule has 12 heavy (non-hydrogen) atoms. The van der Waals surface area contributed by atoms with Gasteiger partial charge in [0.1, 0.15) is 11.5 Å². The van der Waals surface area contributed by atoms with Crippen LogP contribution in [0.25, 0.3) is 0 Å². The molecule has 0 unspecified atom stereocenters. The van der Waals surface area contributed by atoms with E-state index >= 15 is 0 Å². The zero-order valence-electron chi connectivity index (χ0n) is 7.37. The first-order valence-corrected chi connectivity index (χ1v) is 3.55. The molecule has 0 aliphatic rings. The normalized spacial score (nSPS) is 10.9. The third kappa shape index (κ3) is 1.55. The van der Waals surface area contributed by atoms with E-state index in [2.05, 4.69) is 20.2 Å². The van der Waals surface area contributed by atoms with Crippen LogP contribution in [0.1, 0.15) is 11.5 Å². The van der Waals surface area contributed by atoms with Crippen LogP contribution in [0, 0.1) is 13.8 Å². The summed E-state index contributed by atoms with van der Waals surface area (Å²) in [7, 11) is 1.58. The van der Waals surface area contributed by atoms with E-state index in [-0.39, 0.29) is 0 Å². The monoisotopic (exact) mass is 165 g/mol. The summed E-state index contributed by atoms with van der Waals surface area (Å²) in [5, 5.41) is 7.44. The van der Waals surface area contributed by atoms with E-state index in [1.54, 1.807) is 14.0 Å². The zero-order chi connectivity index (χ0) is 9.14. The van der Waals surface area contributed by atoms with Gasteiger partial charge in [0.15, 0.2) is 5.82 Å². The lowest BCUT2D eigenvalue weighted by Gasteiger charge is -2.01. The summed E-state index contributed by atoms with van der Waals surface area (Å²) in [6.45, 7) is 3.62. The Balaban J connectivity index is 3.28. The van der Waals surface area contributed by atoms with E-state index in [4.69, 9.17) is 5.73 Å². The molecule has 1 aromatic heterocycles. The second-order valence-corrected chi connectivity index (χ2v) is 2.39. The largest absolute Gasteiger partial charge is 0.382 e. The van der Waals surface area contributed by atoms with Crippen molar-refractivity contribution in [3.63, 3.8) is 0 Å². The van der Waals surface area contributed by atoms with Gasteiger partial charge in [-0.2, -0.15) is 10.2 Å². The maximum Gasteiger partial charge on any atom is 0.155 e. The maximum absolute atomic E-state index is 5.60. The summed E-state index contributed by atoms with van der Waals surface area (Å²) in [6.07, 6.45) is 0. The standard InChI is InChI=1S/C7H11N5/c1-4-6(12-9-3)7(8)11-5(2)10-4/h1-3H3,(H2,8,10,11). The van der Waals surface area contributed by atoms with Gasteiger partial charge in [0.2, 0.25) is 0 Å². The molecule has 0 bridgehead atoms. The molecule has 5 nitrogen and oxygen atoms in total. The van der Waals surface area contributed by atoms with Crippen LogP contribution in [0.2, 0.25) is 0 Å². The van der Waals surface area contributed by atoms with Gasteiger partial charge in [0.25, 0.3) is 0 Å². The minimum Gasteiger partial charge on any atom is -0.382 e. The third-order valence-electron chi connectivity index (χ3n) is 1.40. The molecule has 1 heterocycles. The van der Waals surface area contributed by atoms with Crippen molar-refractivity contribution in [1.82, 2.24) is 9.97 Å². The van der Waals surface area contributed by atoms with Crippen LogP contribution in [-0.4, -0.2) is 17.0 Å². The van der Waals surface area contributed by atoms with Crippen molar-refractivity contribution in [3.05, 3.63) is 11.5 Å². The van der Waals surface area contributed by atoms with Crippen molar-refractivity contribution in [2.45, 2.75) is 13.8 Å². The topological polar surface area (TPSA) is 76.5 Å². The summed E-state index contributed by atoms with van der Waals surface area (Å²) in [5.74, 6) is 1.03. The summed E-state index contributed by atoms with van der Waals surface area (Å²) in [6, 6.07) is 0. The summed E-state index contributed by atoms with van der Waals surface area (Å²) in [5.41, 5.74) is 6.92. The quantitative estimate of drug-likeness (QED) is 0.639. The number of azo groups is 1. The van der Waals surface area contributed by atoms with Gasteiger partial charge in [0, 0.05) is 7.05 Å². The average Bonchev–Trinajstić information content (AvgIpc) is 1.96. The van der Waals surface area contributed by atoms with Crippen LogP contribution in [0.15, 0.2) is 10.2 Å². The number of nitrogens with two attached hydrogens (primary N) is 1. The molecule has 0 radical (unpaired) electrons. The Morgan fingerprint density at radius 2 is 1.92 bits per heavy atom. The van der Waals surface area contributed by atoms with Crippen LogP contribution >= 0.6 is 0 Å². The second-order valence-electron chi connectivity index (χ2n) is 2.39. The Morgan fingerprint density at radius 1 is 1.25 bits per heavy atom. The van der Waals surface area contributed by atoms with Gasteiger partial charge in [-0.3, -0.25) is 0 Å². The highest BCUT2D eigenvalue weighted by atomic mass is 15.1. The molecular weight excluding hydrogens is 154 g/mol. The lowest BCUT2D eigenvalue weighted by atomic mass is 10.3. The van der Waals surface area contributed by atoms with E-state index in [1.165, 1.54) is 0 Å². The molecule has 0 saturated carbocycles. The minimum atomic E-state index is 0.380. The summed E-state index contributed by atoms with van der Waals surface area (Å²) >= 11 is 0. The minimum absolute atomic E-state index is 0.380. The van der Waals surface area contributed by atoms with Crippen LogP contribution < -0.4 is 5.73 Å². The first-order chi connectivity index (χ1) is 5.65. The first-order valence-electron chi connectivity index (χ1n) is 3.55. The molecular formula is C7H11N5. The van der Waals surface area contributed by atoms with Crippen LogP contribution in [0.5, 0.6) is 0 Å². The second kappa shape index (κ2) is 3.25. The van der Waals surface area contributed by atoms with E-state index in [0.29, 0.717) is 17.3 Å². The van der Waals surface area contributed by atoms with Gasteiger partial charge < -0.3 is 5.73 Å². The molecule has 1 aromatic rings. The predicted molar refractivity (Wildman–Crippen MR) is 46.4 cm³/mol. The summed E-state index contributed by atoms with van der Waals surface area (Å²) < 4.78 is 0. The number of anilines is 1. The molecule has 1 rings (SSSR count). The van der Waals surface area contributed by atoms with Gasteiger partial charge in [0.05, 0.1) is 5.69 Å². The van der Waals surface area contributed by atoms with Crippen molar-refractivity contribution in [2.24, 2.45) is 10.2 Å². The van der Waals surface area contributed by atoms with Crippen molar-refractivity contribution in [1.29, 1.82) is 0 Å². The third-order valence-corrected chi connectivity index (χ3v) is 1.40. The predicted octanol–water partition coefficient (Wildman–Crippen LogP) is 1.39. The number of rotatable bonds is 1.